The Morgan fingerprint density at radius 2 is 2.32 bits per heavy atom. The van der Waals surface area contributed by atoms with Gasteiger partial charge in [-0.25, -0.2) is 0 Å². The van der Waals surface area contributed by atoms with Crippen LogP contribution in [0.3, 0.4) is 0 Å². The fraction of sp³-hybridized carbons (Fsp3) is 0.500. The van der Waals surface area contributed by atoms with Crippen LogP contribution in [0.5, 0.6) is 0 Å². The summed E-state index contributed by atoms with van der Waals surface area (Å²) in [5.41, 5.74) is 4.33. The highest BCUT2D eigenvalue weighted by molar-refractivity contribution is 5.88. The normalized spacial score (nSPS) is 40.0. The van der Waals surface area contributed by atoms with E-state index in [1.54, 1.807) is 0 Å². The third-order valence-electron chi connectivity index (χ3n) is 5.42. The van der Waals surface area contributed by atoms with Crippen molar-refractivity contribution in [2.24, 2.45) is 0 Å². The van der Waals surface area contributed by atoms with Gasteiger partial charge in [0.25, 0.3) is 0 Å². The van der Waals surface area contributed by atoms with E-state index >= 15 is 0 Å². The molecule has 3 heteroatoms. The first-order chi connectivity index (χ1) is 9.17. The molecule has 98 valence electrons. The molecule has 3 heterocycles. The topological polar surface area (TPSA) is 31.6 Å². The third kappa shape index (κ3) is 1.16. The highest BCUT2D eigenvalue weighted by atomic mass is 16.6. The van der Waals surface area contributed by atoms with E-state index in [1.807, 2.05) is 0 Å². The lowest BCUT2D eigenvalue weighted by molar-refractivity contribution is 0.153. The lowest BCUT2D eigenvalue weighted by Gasteiger charge is -2.42. The summed E-state index contributed by atoms with van der Waals surface area (Å²) in [4.78, 5) is 5.93. The highest BCUT2D eigenvalue weighted by Crippen LogP contribution is 2.55. The van der Waals surface area contributed by atoms with Gasteiger partial charge < -0.3 is 9.72 Å². The molecule has 0 radical (unpaired) electrons. The molecule has 3 aliphatic rings. The van der Waals surface area contributed by atoms with Crippen LogP contribution in [-0.4, -0.2) is 41.2 Å². The maximum atomic E-state index is 6.08. The van der Waals surface area contributed by atoms with E-state index in [0.29, 0.717) is 18.1 Å². The molecule has 4 unspecified atom stereocenters. The molecule has 2 aromatic rings. The first-order valence-corrected chi connectivity index (χ1v) is 7.14. The summed E-state index contributed by atoms with van der Waals surface area (Å²) in [7, 11) is 2.25. The highest BCUT2D eigenvalue weighted by Gasteiger charge is 2.63. The van der Waals surface area contributed by atoms with Crippen LogP contribution in [0.1, 0.15) is 24.0 Å². The van der Waals surface area contributed by atoms with Gasteiger partial charge in [0.1, 0.15) is 5.60 Å². The number of H-pyrrole nitrogens is 1. The molecule has 0 bridgehead atoms. The van der Waals surface area contributed by atoms with Crippen molar-refractivity contribution >= 4 is 10.9 Å². The van der Waals surface area contributed by atoms with Crippen LogP contribution in [0.25, 0.3) is 10.9 Å². The van der Waals surface area contributed by atoms with Gasteiger partial charge in [-0.3, -0.25) is 4.90 Å². The summed E-state index contributed by atoms with van der Waals surface area (Å²) >= 11 is 0. The van der Waals surface area contributed by atoms with Gasteiger partial charge in [0, 0.05) is 35.6 Å². The van der Waals surface area contributed by atoms with E-state index in [0.717, 1.165) is 13.0 Å². The SMILES string of the molecule is CN1CC2(C)OC2C2c3cccc4[nH]cc(c34)CC21. The Bertz CT molecular complexity index is 691. The Morgan fingerprint density at radius 3 is 3.21 bits per heavy atom. The van der Waals surface area contributed by atoms with Crippen molar-refractivity contribution in [2.45, 2.75) is 37.0 Å². The second-order valence-electron chi connectivity index (χ2n) is 6.65. The van der Waals surface area contributed by atoms with Crippen LogP contribution in [0.15, 0.2) is 24.4 Å². The number of nitrogens with one attached hydrogen (secondary N) is 1. The van der Waals surface area contributed by atoms with E-state index in [-0.39, 0.29) is 5.60 Å². The van der Waals surface area contributed by atoms with E-state index < -0.39 is 0 Å². The Morgan fingerprint density at radius 1 is 1.42 bits per heavy atom. The number of aromatic amines is 1. The van der Waals surface area contributed by atoms with Crippen molar-refractivity contribution in [3.05, 3.63) is 35.5 Å². The molecule has 1 aromatic heterocycles. The Balaban J connectivity index is 1.77. The number of epoxide rings is 1. The quantitative estimate of drug-likeness (QED) is 0.731. The molecule has 1 N–H and O–H groups in total. The van der Waals surface area contributed by atoms with Crippen molar-refractivity contribution in [3.8, 4) is 0 Å². The first kappa shape index (κ1) is 10.5. The van der Waals surface area contributed by atoms with Gasteiger partial charge in [0.2, 0.25) is 0 Å². The number of likely N-dealkylation sites (tertiary alicyclic amines) is 1. The second-order valence-corrected chi connectivity index (χ2v) is 6.65. The Kier molecular flexibility index (Phi) is 1.68. The van der Waals surface area contributed by atoms with E-state index in [4.69, 9.17) is 4.74 Å². The number of piperidine rings is 1. The maximum Gasteiger partial charge on any atom is 0.105 e. The molecule has 4 atom stereocenters. The molecule has 2 fully saturated rings. The maximum absolute atomic E-state index is 6.08. The van der Waals surface area contributed by atoms with Gasteiger partial charge in [0.05, 0.1) is 6.10 Å². The fourth-order valence-corrected chi connectivity index (χ4v) is 4.53. The molecule has 3 nitrogen and oxygen atoms in total. The molecule has 2 saturated heterocycles. The summed E-state index contributed by atoms with van der Waals surface area (Å²) in [6.07, 6.45) is 3.76. The molecule has 1 aliphatic carbocycles. The van der Waals surface area contributed by atoms with Crippen LogP contribution in [0.4, 0.5) is 0 Å². The number of fused-ring (bicyclic) bond motifs is 4. The summed E-state index contributed by atoms with van der Waals surface area (Å²) in [5, 5.41) is 1.46. The standard InChI is InChI=1S/C16H18N2O/c1-16-8-18(2)12-6-9-7-17-11-5-3-4-10(13(9)11)14(12)15(16)19-16/h3-5,7,12,14-15,17H,6,8H2,1-2H3. The minimum absolute atomic E-state index is 0.0892. The summed E-state index contributed by atoms with van der Waals surface area (Å²) < 4.78 is 6.08. The molecular formula is C16H18N2O. The zero-order chi connectivity index (χ0) is 12.8. The zero-order valence-corrected chi connectivity index (χ0v) is 11.3. The summed E-state index contributed by atoms with van der Waals surface area (Å²) in [6, 6.07) is 7.25. The van der Waals surface area contributed by atoms with Gasteiger partial charge in [-0.1, -0.05) is 12.1 Å². The molecule has 2 aliphatic heterocycles. The predicted octanol–water partition coefficient (Wildman–Crippen LogP) is 2.28. The van der Waals surface area contributed by atoms with Gasteiger partial charge in [-0.05, 0) is 37.6 Å². The number of rotatable bonds is 0. The molecule has 1 aromatic carbocycles. The number of ether oxygens (including phenoxy) is 1. The molecular weight excluding hydrogens is 236 g/mol. The molecule has 5 rings (SSSR count). The van der Waals surface area contributed by atoms with Gasteiger partial charge in [-0.2, -0.15) is 0 Å². The van der Waals surface area contributed by atoms with Crippen LogP contribution in [0, 0.1) is 0 Å². The van der Waals surface area contributed by atoms with E-state index in [9.17, 15) is 0 Å². The van der Waals surface area contributed by atoms with Crippen LogP contribution >= 0.6 is 0 Å². The van der Waals surface area contributed by atoms with Crippen LogP contribution < -0.4 is 0 Å². The fourth-order valence-electron chi connectivity index (χ4n) is 4.53. The minimum atomic E-state index is 0.0892. The van der Waals surface area contributed by atoms with E-state index in [1.165, 1.54) is 22.0 Å². The number of hydrogen-bond donors (Lipinski definition) is 1. The number of hydrogen-bond acceptors (Lipinski definition) is 2. The van der Waals surface area contributed by atoms with Crippen LogP contribution in [-0.2, 0) is 11.2 Å². The second kappa shape index (κ2) is 3.05. The van der Waals surface area contributed by atoms with Crippen molar-refractivity contribution < 1.29 is 4.74 Å². The van der Waals surface area contributed by atoms with Gasteiger partial charge in [0.15, 0.2) is 0 Å². The van der Waals surface area contributed by atoms with Gasteiger partial charge in [-0.15, -0.1) is 0 Å². The lowest BCUT2D eigenvalue weighted by atomic mass is 9.73. The Hall–Kier alpha value is -1.32. The number of likely N-dealkylation sites (N-methyl/N-ethyl adjacent to an activating group) is 1. The Labute approximate surface area is 112 Å². The van der Waals surface area contributed by atoms with Crippen LogP contribution in [0.2, 0.25) is 0 Å². The average Bonchev–Trinajstić information content (AvgIpc) is 2.89. The lowest BCUT2D eigenvalue weighted by Crippen LogP contribution is -2.51. The minimum Gasteiger partial charge on any atom is -0.364 e. The molecule has 0 amide bonds. The van der Waals surface area contributed by atoms with Crippen molar-refractivity contribution in [3.63, 3.8) is 0 Å². The van der Waals surface area contributed by atoms with Gasteiger partial charge >= 0.3 is 0 Å². The molecule has 0 saturated carbocycles. The van der Waals surface area contributed by atoms with E-state index in [2.05, 4.69) is 48.3 Å². The third-order valence-corrected chi connectivity index (χ3v) is 5.42. The largest absolute Gasteiger partial charge is 0.364 e. The smallest absolute Gasteiger partial charge is 0.105 e. The zero-order valence-electron chi connectivity index (χ0n) is 11.3. The average molecular weight is 254 g/mol. The number of aromatic nitrogens is 1. The molecule has 19 heavy (non-hydrogen) atoms. The number of benzene rings is 1. The van der Waals surface area contributed by atoms with Crippen molar-refractivity contribution in [2.75, 3.05) is 13.6 Å². The first-order valence-electron chi connectivity index (χ1n) is 7.14. The predicted molar refractivity (Wildman–Crippen MR) is 74.4 cm³/mol. The monoisotopic (exact) mass is 254 g/mol. The van der Waals surface area contributed by atoms with Crippen molar-refractivity contribution in [1.82, 2.24) is 9.88 Å². The molecule has 0 spiro atoms. The van der Waals surface area contributed by atoms with Crippen molar-refractivity contribution in [1.29, 1.82) is 0 Å². The number of nitrogens with zero attached hydrogens (tertiary/aromatic N) is 1. The summed E-state index contributed by atoms with van der Waals surface area (Å²) in [5.74, 6) is 0.538. The summed E-state index contributed by atoms with van der Waals surface area (Å²) in [6.45, 7) is 3.33.